The highest BCUT2D eigenvalue weighted by molar-refractivity contribution is 9.10. The topological polar surface area (TPSA) is 46.6 Å². The lowest BCUT2D eigenvalue weighted by molar-refractivity contribution is 0.401. The molecule has 0 unspecified atom stereocenters. The predicted molar refractivity (Wildman–Crippen MR) is 104 cm³/mol. The van der Waals surface area contributed by atoms with Gasteiger partial charge < -0.3 is 4.74 Å². The molecule has 0 saturated heterocycles. The quantitative estimate of drug-likeness (QED) is 0.680. The van der Waals surface area contributed by atoms with Crippen LogP contribution in [0.3, 0.4) is 0 Å². The van der Waals surface area contributed by atoms with Gasteiger partial charge >= 0.3 is 0 Å². The van der Waals surface area contributed by atoms with Crippen LogP contribution >= 0.6 is 15.9 Å². The molecule has 0 bridgehead atoms. The summed E-state index contributed by atoms with van der Waals surface area (Å²) in [6.45, 7) is 0. The number of hydrogen-bond acceptors (Lipinski definition) is 3. The Balaban J connectivity index is 2.13. The SMILES string of the molecule is COc1ccc(Br)cc1S(=O)(=O)N(c1ccccc1)C1CCCCC1. The molecule has 0 N–H and O–H groups in total. The second kappa shape index (κ2) is 7.79. The highest BCUT2D eigenvalue weighted by atomic mass is 79.9. The Bertz CT molecular complexity index is 818. The Hall–Kier alpha value is -1.53. The van der Waals surface area contributed by atoms with Gasteiger partial charge in [-0.25, -0.2) is 8.42 Å². The van der Waals surface area contributed by atoms with Crippen molar-refractivity contribution in [1.29, 1.82) is 0 Å². The number of sulfonamides is 1. The molecular weight excluding hydrogens is 402 g/mol. The molecule has 0 aliphatic heterocycles. The fraction of sp³-hybridized carbons (Fsp3) is 0.368. The van der Waals surface area contributed by atoms with Crippen LogP contribution in [0, 0.1) is 0 Å². The lowest BCUT2D eigenvalue weighted by atomic mass is 9.95. The van der Waals surface area contributed by atoms with E-state index in [9.17, 15) is 8.42 Å². The minimum Gasteiger partial charge on any atom is -0.495 e. The minimum atomic E-state index is -3.74. The number of halogens is 1. The fourth-order valence-electron chi connectivity index (χ4n) is 3.39. The van der Waals surface area contributed by atoms with Gasteiger partial charge in [0.25, 0.3) is 10.0 Å². The third-order valence-electron chi connectivity index (χ3n) is 4.58. The first-order chi connectivity index (χ1) is 12.0. The fourth-order valence-corrected chi connectivity index (χ4v) is 5.80. The summed E-state index contributed by atoms with van der Waals surface area (Å²) in [5.41, 5.74) is 0.705. The van der Waals surface area contributed by atoms with Crippen molar-refractivity contribution in [2.75, 3.05) is 11.4 Å². The number of rotatable bonds is 5. The average molecular weight is 424 g/mol. The molecule has 1 fully saturated rings. The summed E-state index contributed by atoms with van der Waals surface area (Å²) < 4.78 is 34.8. The second-order valence-corrected chi connectivity index (χ2v) is 8.92. The van der Waals surface area contributed by atoms with E-state index in [2.05, 4.69) is 15.9 Å². The Morgan fingerprint density at radius 3 is 2.36 bits per heavy atom. The average Bonchev–Trinajstić information content (AvgIpc) is 2.63. The molecule has 2 aromatic carbocycles. The molecule has 4 nitrogen and oxygen atoms in total. The molecule has 0 spiro atoms. The molecular formula is C19H22BrNO3S. The van der Waals surface area contributed by atoms with Gasteiger partial charge in [-0.1, -0.05) is 53.4 Å². The van der Waals surface area contributed by atoms with Crippen LogP contribution in [-0.4, -0.2) is 21.6 Å². The predicted octanol–water partition coefficient (Wildman–Crippen LogP) is 4.99. The van der Waals surface area contributed by atoms with Crippen LogP contribution < -0.4 is 9.04 Å². The summed E-state index contributed by atoms with van der Waals surface area (Å²) in [6.07, 6.45) is 5.03. The monoisotopic (exact) mass is 423 g/mol. The van der Waals surface area contributed by atoms with Crippen LogP contribution in [0.15, 0.2) is 57.9 Å². The van der Waals surface area contributed by atoms with E-state index in [4.69, 9.17) is 4.74 Å². The van der Waals surface area contributed by atoms with Crippen molar-refractivity contribution in [2.24, 2.45) is 0 Å². The van der Waals surface area contributed by atoms with Crippen LogP contribution in [0.4, 0.5) is 5.69 Å². The molecule has 3 rings (SSSR count). The zero-order valence-electron chi connectivity index (χ0n) is 14.2. The molecule has 1 aliphatic rings. The van der Waals surface area contributed by atoms with Gasteiger partial charge in [-0.2, -0.15) is 0 Å². The van der Waals surface area contributed by atoms with E-state index in [1.165, 1.54) is 13.5 Å². The molecule has 0 radical (unpaired) electrons. The summed E-state index contributed by atoms with van der Waals surface area (Å²) in [7, 11) is -2.24. The summed E-state index contributed by atoms with van der Waals surface area (Å²) in [4.78, 5) is 0.193. The number of methoxy groups -OCH3 is 1. The van der Waals surface area contributed by atoms with E-state index in [1.807, 2.05) is 30.3 Å². The van der Waals surface area contributed by atoms with Crippen molar-refractivity contribution in [3.63, 3.8) is 0 Å². The smallest absolute Gasteiger partial charge is 0.268 e. The maximum absolute atomic E-state index is 13.6. The summed E-state index contributed by atoms with van der Waals surface area (Å²) in [5, 5.41) is 0. The van der Waals surface area contributed by atoms with Crippen LogP contribution in [0.5, 0.6) is 5.75 Å². The van der Waals surface area contributed by atoms with Crippen molar-refractivity contribution in [1.82, 2.24) is 0 Å². The molecule has 1 saturated carbocycles. The largest absolute Gasteiger partial charge is 0.495 e. The first-order valence-corrected chi connectivity index (χ1v) is 10.7. The maximum atomic E-state index is 13.6. The molecule has 0 amide bonds. The Labute approximate surface area is 158 Å². The minimum absolute atomic E-state index is 0.0233. The van der Waals surface area contributed by atoms with E-state index in [0.717, 1.165) is 25.7 Å². The Morgan fingerprint density at radius 1 is 1.04 bits per heavy atom. The van der Waals surface area contributed by atoms with E-state index in [1.54, 1.807) is 22.5 Å². The number of nitrogens with zero attached hydrogens (tertiary/aromatic N) is 1. The lowest BCUT2D eigenvalue weighted by Crippen LogP contribution is -2.41. The van der Waals surface area contributed by atoms with Crippen LogP contribution in [0.1, 0.15) is 32.1 Å². The number of ether oxygens (including phenoxy) is 1. The van der Waals surface area contributed by atoms with Crippen molar-refractivity contribution >= 4 is 31.6 Å². The van der Waals surface area contributed by atoms with Gasteiger partial charge in [0.1, 0.15) is 10.6 Å². The molecule has 134 valence electrons. The van der Waals surface area contributed by atoms with Crippen LogP contribution in [-0.2, 0) is 10.0 Å². The number of para-hydroxylation sites is 1. The number of anilines is 1. The van der Waals surface area contributed by atoms with Crippen molar-refractivity contribution < 1.29 is 13.2 Å². The van der Waals surface area contributed by atoms with Gasteiger partial charge in [-0.05, 0) is 43.2 Å². The van der Waals surface area contributed by atoms with E-state index in [-0.39, 0.29) is 10.9 Å². The van der Waals surface area contributed by atoms with Gasteiger partial charge in [-0.3, -0.25) is 4.31 Å². The highest BCUT2D eigenvalue weighted by Crippen LogP contribution is 2.36. The third kappa shape index (κ3) is 3.85. The van der Waals surface area contributed by atoms with Crippen LogP contribution in [0.2, 0.25) is 0 Å². The lowest BCUT2D eigenvalue weighted by Gasteiger charge is -2.35. The standard InChI is InChI=1S/C19H22BrNO3S/c1-24-18-13-12-15(20)14-19(18)25(22,23)21(16-8-4-2-5-9-16)17-10-6-3-7-11-17/h2,4-5,8-9,12-14,17H,3,6-7,10-11H2,1H3. The zero-order chi connectivity index (χ0) is 17.9. The summed E-state index contributed by atoms with van der Waals surface area (Å²) >= 11 is 3.38. The Morgan fingerprint density at radius 2 is 1.72 bits per heavy atom. The number of benzene rings is 2. The van der Waals surface area contributed by atoms with Crippen molar-refractivity contribution in [3.8, 4) is 5.75 Å². The third-order valence-corrected chi connectivity index (χ3v) is 6.97. The molecule has 0 heterocycles. The van der Waals surface area contributed by atoms with Crippen molar-refractivity contribution in [3.05, 3.63) is 53.0 Å². The molecule has 1 aliphatic carbocycles. The zero-order valence-corrected chi connectivity index (χ0v) is 16.6. The summed E-state index contributed by atoms with van der Waals surface area (Å²) in [5.74, 6) is 0.361. The second-order valence-electron chi connectivity index (χ2n) is 6.22. The molecule has 6 heteroatoms. The van der Waals surface area contributed by atoms with Crippen molar-refractivity contribution in [2.45, 2.75) is 43.0 Å². The van der Waals surface area contributed by atoms with Crippen LogP contribution in [0.25, 0.3) is 0 Å². The molecule has 25 heavy (non-hydrogen) atoms. The first kappa shape index (κ1) is 18.3. The van der Waals surface area contributed by atoms with E-state index in [0.29, 0.717) is 15.9 Å². The summed E-state index contributed by atoms with van der Waals surface area (Å²) in [6, 6.07) is 14.4. The van der Waals surface area contributed by atoms with E-state index >= 15 is 0 Å². The highest BCUT2D eigenvalue weighted by Gasteiger charge is 2.34. The normalized spacial score (nSPS) is 15.8. The Kier molecular flexibility index (Phi) is 5.69. The first-order valence-electron chi connectivity index (χ1n) is 8.47. The number of hydrogen-bond donors (Lipinski definition) is 0. The van der Waals surface area contributed by atoms with Gasteiger partial charge in [0.15, 0.2) is 0 Å². The molecule has 2 aromatic rings. The van der Waals surface area contributed by atoms with Gasteiger partial charge in [0.2, 0.25) is 0 Å². The molecule has 0 aromatic heterocycles. The van der Waals surface area contributed by atoms with Gasteiger partial charge in [-0.15, -0.1) is 0 Å². The maximum Gasteiger partial charge on any atom is 0.268 e. The van der Waals surface area contributed by atoms with Gasteiger partial charge in [0.05, 0.1) is 12.8 Å². The molecule has 0 atom stereocenters. The van der Waals surface area contributed by atoms with Gasteiger partial charge in [0, 0.05) is 10.5 Å². The van der Waals surface area contributed by atoms with E-state index < -0.39 is 10.0 Å².